The lowest BCUT2D eigenvalue weighted by molar-refractivity contribution is -0.384. The Morgan fingerprint density at radius 3 is 2.63 bits per heavy atom. The molecular formula is C12H9BrFN3O2. The summed E-state index contributed by atoms with van der Waals surface area (Å²) in [4.78, 5) is 10.2. The summed E-state index contributed by atoms with van der Waals surface area (Å²) in [5.74, 6) is -0.379. The van der Waals surface area contributed by atoms with Crippen molar-refractivity contribution in [2.45, 2.75) is 0 Å². The number of rotatable bonds is 3. The van der Waals surface area contributed by atoms with Crippen LogP contribution in [0.15, 0.2) is 40.9 Å². The predicted molar refractivity (Wildman–Crippen MR) is 74.9 cm³/mol. The van der Waals surface area contributed by atoms with Crippen molar-refractivity contribution in [3.05, 3.63) is 56.8 Å². The Morgan fingerprint density at radius 1 is 1.26 bits per heavy atom. The minimum atomic E-state index is -0.527. The van der Waals surface area contributed by atoms with Crippen molar-refractivity contribution in [3.63, 3.8) is 0 Å². The van der Waals surface area contributed by atoms with E-state index < -0.39 is 4.92 Å². The first-order chi connectivity index (χ1) is 8.95. The van der Waals surface area contributed by atoms with E-state index in [1.165, 1.54) is 30.3 Å². The molecule has 0 fully saturated rings. The fourth-order valence-electron chi connectivity index (χ4n) is 1.56. The van der Waals surface area contributed by atoms with E-state index in [2.05, 4.69) is 21.2 Å². The molecule has 0 aliphatic heterocycles. The van der Waals surface area contributed by atoms with Crippen LogP contribution < -0.4 is 11.1 Å². The number of nitro groups is 1. The summed E-state index contributed by atoms with van der Waals surface area (Å²) in [7, 11) is 0. The molecule has 2 aromatic rings. The van der Waals surface area contributed by atoms with Gasteiger partial charge in [-0.25, -0.2) is 4.39 Å². The number of non-ortho nitro benzene ring substituents is 1. The summed E-state index contributed by atoms with van der Waals surface area (Å²) in [6, 6.07) is 8.28. The highest BCUT2D eigenvalue weighted by molar-refractivity contribution is 9.10. The second-order valence-electron chi connectivity index (χ2n) is 3.82. The number of nitrogens with two attached hydrogens (primary N) is 1. The maximum absolute atomic E-state index is 13.0. The Labute approximate surface area is 116 Å². The van der Waals surface area contributed by atoms with Gasteiger partial charge in [0, 0.05) is 28.0 Å². The molecule has 2 aromatic carbocycles. The molecule has 0 saturated carbocycles. The molecule has 3 N–H and O–H groups in total. The summed E-state index contributed by atoms with van der Waals surface area (Å²) in [6.07, 6.45) is 0. The average molecular weight is 326 g/mol. The van der Waals surface area contributed by atoms with E-state index in [1.807, 2.05) is 0 Å². The van der Waals surface area contributed by atoms with E-state index in [-0.39, 0.29) is 17.2 Å². The van der Waals surface area contributed by atoms with Crippen LogP contribution in [0.2, 0.25) is 0 Å². The van der Waals surface area contributed by atoms with E-state index in [4.69, 9.17) is 5.73 Å². The van der Waals surface area contributed by atoms with E-state index in [9.17, 15) is 14.5 Å². The van der Waals surface area contributed by atoms with Gasteiger partial charge in [0.15, 0.2) is 0 Å². The molecule has 0 bridgehead atoms. The number of nitro benzene ring substituents is 1. The smallest absolute Gasteiger partial charge is 0.273 e. The minimum Gasteiger partial charge on any atom is -0.398 e. The van der Waals surface area contributed by atoms with Crippen LogP contribution in [-0.4, -0.2) is 4.92 Å². The zero-order valence-electron chi connectivity index (χ0n) is 9.56. The zero-order chi connectivity index (χ0) is 14.0. The van der Waals surface area contributed by atoms with Gasteiger partial charge in [0.05, 0.1) is 10.6 Å². The third-order valence-electron chi connectivity index (χ3n) is 2.36. The van der Waals surface area contributed by atoms with E-state index in [0.717, 1.165) is 0 Å². The number of hydrogen-bond donors (Lipinski definition) is 2. The van der Waals surface area contributed by atoms with E-state index in [0.29, 0.717) is 15.8 Å². The summed E-state index contributed by atoms with van der Waals surface area (Å²) in [5.41, 5.74) is 6.80. The maximum atomic E-state index is 13.0. The quantitative estimate of drug-likeness (QED) is 0.510. The lowest BCUT2D eigenvalue weighted by atomic mass is 10.2. The van der Waals surface area contributed by atoms with Crippen molar-refractivity contribution in [1.82, 2.24) is 0 Å². The van der Waals surface area contributed by atoms with Gasteiger partial charge in [0.2, 0.25) is 0 Å². The molecule has 2 rings (SSSR count). The Hall–Kier alpha value is -2.15. The summed E-state index contributed by atoms with van der Waals surface area (Å²) in [5, 5.41) is 13.7. The molecule has 0 aliphatic carbocycles. The molecule has 0 aliphatic rings. The molecule has 7 heteroatoms. The van der Waals surface area contributed by atoms with Gasteiger partial charge in [0.1, 0.15) is 5.82 Å². The number of nitrogens with zero attached hydrogens (tertiary/aromatic N) is 1. The Kier molecular flexibility index (Phi) is 3.66. The van der Waals surface area contributed by atoms with Gasteiger partial charge in [-0.05, 0) is 40.2 Å². The molecule has 0 spiro atoms. The lowest BCUT2D eigenvalue weighted by Crippen LogP contribution is -1.97. The first-order valence-electron chi connectivity index (χ1n) is 5.23. The van der Waals surface area contributed by atoms with Crippen molar-refractivity contribution in [2.75, 3.05) is 11.1 Å². The van der Waals surface area contributed by atoms with Gasteiger partial charge in [-0.3, -0.25) is 10.1 Å². The molecule has 19 heavy (non-hydrogen) atoms. The van der Waals surface area contributed by atoms with Gasteiger partial charge >= 0.3 is 0 Å². The van der Waals surface area contributed by atoms with Crippen LogP contribution >= 0.6 is 15.9 Å². The first kappa shape index (κ1) is 13.3. The summed E-state index contributed by atoms with van der Waals surface area (Å²) in [6.45, 7) is 0. The number of hydrogen-bond acceptors (Lipinski definition) is 4. The van der Waals surface area contributed by atoms with Crippen LogP contribution in [0, 0.1) is 15.9 Å². The van der Waals surface area contributed by atoms with E-state index in [1.54, 1.807) is 6.07 Å². The summed E-state index contributed by atoms with van der Waals surface area (Å²) < 4.78 is 13.5. The maximum Gasteiger partial charge on any atom is 0.273 e. The van der Waals surface area contributed by atoms with Crippen LogP contribution in [0.1, 0.15) is 0 Å². The monoisotopic (exact) mass is 325 g/mol. The highest BCUT2D eigenvalue weighted by atomic mass is 79.9. The average Bonchev–Trinajstić information content (AvgIpc) is 2.32. The van der Waals surface area contributed by atoms with Crippen molar-refractivity contribution in [2.24, 2.45) is 0 Å². The van der Waals surface area contributed by atoms with Crippen molar-refractivity contribution >= 4 is 38.7 Å². The Balaban J connectivity index is 2.35. The number of nitrogen functional groups attached to an aromatic ring is 1. The molecular weight excluding hydrogens is 317 g/mol. The standard InChI is InChI=1S/C12H9BrFN3O2/c13-11-3-7(14)1-2-12(11)16-9-4-8(15)5-10(6-9)17(18)19/h1-6,16H,15H2. The normalized spacial score (nSPS) is 10.2. The second-order valence-corrected chi connectivity index (χ2v) is 4.67. The third kappa shape index (κ3) is 3.19. The molecule has 0 amide bonds. The number of nitrogens with one attached hydrogen (secondary N) is 1. The van der Waals surface area contributed by atoms with Gasteiger partial charge in [-0.1, -0.05) is 0 Å². The molecule has 0 radical (unpaired) electrons. The second kappa shape index (κ2) is 5.23. The zero-order valence-corrected chi connectivity index (χ0v) is 11.1. The topological polar surface area (TPSA) is 81.2 Å². The molecule has 0 atom stereocenters. The number of benzene rings is 2. The van der Waals surface area contributed by atoms with Crippen molar-refractivity contribution < 1.29 is 9.31 Å². The van der Waals surface area contributed by atoms with Crippen molar-refractivity contribution in [1.29, 1.82) is 0 Å². The molecule has 0 unspecified atom stereocenters. The minimum absolute atomic E-state index is 0.110. The third-order valence-corrected chi connectivity index (χ3v) is 3.02. The molecule has 5 nitrogen and oxygen atoms in total. The molecule has 0 saturated heterocycles. The number of halogens is 2. The lowest BCUT2D eigenvalue weighted by Gasteiger charge is -2.09. The van der Waals surface area contributed by atoms with Crippen LogP contribution in [0.3, 0.4) is 0 Å². The Bertz CT molecular complexity index is 649. The largest absolute Gasteiger partial charge is 0.398 e. The SMILES string of the molecule is Nc1cc(Nc2ccc(F)cc2Br)cc([N+](=O)[O-])c1. The summed E-state index contributed by atoms with van der Waals surface area (Å²) >= 11 is 3.20. The highest BCUT2D eigenvalue weighted by Crippen LogP contribution is 2.29. The fourth-order valence-corrected chi connectivity index (χ4v) is 2.01. The highest BCUT2D eigenvalue weighted by Gasteiger charge is 2.09. The van der Waals surface area contributed by atoms with Gasteiger partial charge in [-0.2, -0.15) is 0 Å². The Morgan fingerprint density at radius 2 is 2.00 bits per heavy atom. The fraction of sp³-hybridized carbons (Fsp3) is 0. The van der Waals surface area contributed by atoms with Crippen LogP contribution in [0.5, 0.6) is 0 Å². The van der Waals surface area contributed by atoms with Gasteiger partial charge in [-0.15, -0.1) is 0 Å². The van der Waals surface area contributed by atoms with E-state index >= 15 is 0 Å². The van der Waals surface area contributed by atoms with Gasteiger partial charge in [0.25, 0.3) is 5.69 Å². The van der Waals surface area contributed by atoms with Crippen LogP contribution in [0.25, 0.3) is 0 Å². The molecule has 0 heterocycles. The van der Waals surface area contributed by atoms with Crippen LogP contribution in [0.4, 0.5) is 27.1 Å². The van der Waals surface area contributed by atoms with Crippen molar-refractivity contribution in [3.8, 4) is 0 Å². The first-order valence-corrected chi connectivity index (χ1v) is 6.02. The number of anilines is 3. The molecule has 98 valence electrons. The predicted octanol–water partition coefficient (Wildman–Crippen LogP) is 3.82. The van der Waals surface area contributed by atoms with Gasteiger partial charge < -0.3 is 11.1 Å². The van der Waals surface area contributed by atoms with Crippen LogP contribution in [-0.2, 0) is 0 Å². The molecule has 0 aromatic heterocycles.